The van der Waals surface area contributed by atoms with E-state index in [1.165, 1.54) is 0 Å². The lowest BCUT2D eigenvalue weighted by molar-refractivity contribution is -0.134. The van der Waals surface area contributed by atoms with Crippen molar-refractivity contribution in [3.63, 3.8) is 0 Å². The number of nitrogens with two attached hydrogens (primary N) is 1. The number of nitrogens with one attached hydrogen (secondary N) is 1. The molecule has 0 aliphatic carbocycles. The van der Waals surface area contributed by atoms with Gasteiger partial charge in [0.25, 0.3) is 0 Å². The van der Waals surface area contributed by atoms with Gasteiger partial charge in [-0.1, -0.05) is 13.8 Å². The van der Waals surface area contributed by atoms with Gasteiger partial charge in [-0.05, 0) is 12.3 Å². The zero-order valence-electron chi connectivity index (χ0n) is 10.9. The summed E-state index contributed by atoms with van der Waals surface area (Å²) in [4.78, 5) is 25.0. The fourth-order valence-electron chi connectivity index (χ4n) is 2.12. The maximum Gasteiger partial charge on any atom is 0.224 e. The fourth-order valence-corrected chi connectivity index (χ4v) is 2.12. The van der Waals surface area contributed by atoms with Crippen molar-refractivity contribution in [2.24, 2.45) is 17.6 Å². The summed E-state index contributed by atoms with van der Waals surface area (Å²) in [5.41, 5.74) is 5.60. The van der Waals surface area contributed by atoms with E-state index in [1.54, 1.807) is 11.9 Å². The Morgan fingerprint density at radius 1 is 1.59 bits per heavy atom. The van der Waals surface area contributed by atoms with Crippen LogP contribution < -0.4 is 11.1 Å². The van der Waals surface area contributed by atoms with E-state index in [2.05, 4.69) is 5.32 Å². The first kappa shape index (κ1) is 14.0. The quantitative estimate of drug-likeness (QED) is 0.725. The predicted octanol–water partition coefficient (Wildman–Crippen LogP) is -0.0457. The molecule has 17 heavy (non-hydrogen) atoms. The summed E-state index contributed by atoms with van der Waals surface area (Å²) in [5.74, 6) is 0.255. The molecule has 0 bridgehead atoms. The number of carbonyl (C=O) groups is 2. The van der Waals surface area contributed by atoms with E-state index in [1.807, 2.05) is 13.8 Å². The van der Waals surface area contributed by atoms with Gasteiger partial charge in [0.2, 0.25) is 11.8 Å². The minimum Gasteiger partial charge on any atom is -0.351 e. The van der Waals surface area contributed by atoms with Crippen molar-refractivity contribution >= 4 is 11.8 Å². The van der Waals surface area contributed by atoms with Crippen LogP contribution in [-0.4, -0.2) is 42.9 Å². The molecule has 0 aromatic carbocycles. The SMILES string of the molecule is CC(C)C(CN)C(=O)NC1CCC(=O)N(C)C1. The topological polar surface area (TPSA) is 75.4 Å². The van der Waals surface area contributed by atoms with Crippen molar-refractivity contribution in [2.75, 3.05) is 20.1 Å². The average Bonchev–Trinajstić information content (AvgIpc) is 2.24. The minimum absolute atomic E-state index is 0.00949. The Morgan fingerprint density at radius 2 is 2.24 bits per heavy atom. The summed E-state index contributed by atoms with van der Waals surface area (Å²) in [6, 6.07) is 0.0676. The summed E-state index contributed by atoms with van der Waals surface area (Å²) >= 11 is 0. The fraction of sp³-hybridized carbons (Fsp3) is 0.833. The molecular formula is C12H23N3O2. The molecule has 2 amide bonds. The number of likely N-dealkylation sites (tertiary alicyclic amines) is 1. The van der Waals surface area contributed by atoms with Crippen LogP contribution in [-0.2, 0) is 9.59 Å². The molecule has 5 nitrogen and oxygen atoms in total. The molecule has 0 saturated carbocycles. The number of carbonyl (C=O) groups excluding carboxylic acids is 2. The maximum absolute atomic E-state index is 12.0. The number of hydrogen-bond donors (Lipinski definition) is 2. The van der Waals surface area contributed by atoms with Crippen LogP contribution in [0.1, 0.15) is 26.7 Å². The van der Waals surface area contributed by atoms with Gasteiger partial charge in [0.05, 0.1) is 5.92 Å². The molecule has 1 aliphatic rings. The Balaban J connectivity index is 2.48. The standard InChI is InChI=1S/C12H23N3O2/c1-8(2)10(6-13)12(17)14-9-4-5-11(16)15(3)7-9/h8-10H,4-7,13H2,1-3H3,(H,14,17). The molecule has 0 radical (unpaired) electrons. The van der Waals surface area contributed by atoms with Gasteiger partial charge in [0, 0.05) is 32.6 Å². The van der Waals surface area contributed by atoms with E-state index in [-0.39, 0.29) is 29.7 Å². The molecule has 2 unspecified atom stereocenters. The highest BCUT2D eigenvalue weighted by Crippen LogP contribution is 2.13. The van der Waals surface area contributed by atoms with Gasteiger partial charge in [0.1, 0.15) is 0 Å². The van der Waals surface area contributed by atoms with E-state index in [0.717, 1.165) is 6.42 Å². The monoisotopic (exact) mass is 241 g/mol. The summed E-state index contributed by atoms with van der Waals surface area (Å²) in [6.07, 6.45) is 1.24. The highest BCUT2D eigenvalue weighted by atomic mass is 16.2. The molecule has 1 fully saturated rings. The Bertz CT molecular complexity index is 291. The molecule has 1 heterocycles. The number of amides is 2. The summed E-state index contributed by atoms with van der Waals surface area (Å²) in [5, 5.41) is 2.99. The van der Waals surface area contributed by atoms with Crippen molar-refractivity contribution in [1.29, 1.82) is 0 Å². The van der Waals surface area contributed by atoms with Crippen molar-refractivity contribution < 1.29 is 9.59 Å². The molecule has 2 atom stereocenters. The summed E-state index contributed by atoms with van der Waals surface area (Å²) in [6.45, 7) is 4.95. The molecule has 3 N–H and O–H groups in total. The van der Waals surface area contributed by atoms with Crippen molar-refractivity contribution in [3.8, 4) is 0 Å². The smallest absolute Gasteiger partial charge is 0.224 e. The molecule has 1 saturated heterocycles. The molecule has 0 aromatic rings. The Labute approximate surface area is 103 Å². The third kappa shape index (κ3) is 3.70. The number of hydrogen-bond acceptors (Lipinski definition) is 3. The Hall–Kier alpha value is -1.10. The van der Waals surface area contributed by atoms with Gasteiger partial charge in [0.15, 0.2) is 0 Å². The van der Waals surface area contributed by atoms with Gasteiger partial charge >= 0.3 is 0 Å². The second-order valence-electron chi connectivity index (χ2n) is 5.10. The zero-order chi connectivity index (χ0) is 13.0. The van der Waals surface area contributed by atoms with Crippen LogP contribution in [0.3, 0.4) is 0 Å². The lowest BCUT2D eigenvalue weighted by Crippen LogP contribution is -2.51. The van der Waals surface area contributed by atoms with E-state index < -0.39 is 0 Å². The molecule has 0 spiro atoms. The summed E-state index contributed by atoms with van der Waals surface area (Å²) in [7, 11) is 1.77. The Morgan fingerprint density at radius 3 is 2.71 bits per heavy atom. The van der Waals surface area contributed by atoms with Gasteiger partial charge < -0.3 is 16.0 Å². The molecular weight excluding hydrogens is 218 g/mol. The van der Waals surface area contributed by atoms with Gasteiger partial charge in [-0.2, -0.15) is 0 Å². The van der Waals surface area contributed by atoms with Crippen molar-refractivity contribution in [2.45, 2.75) is 32.7 Å². The number of piperidine rings is 1. The largest absolute Gasteiger partial charge is 0.351 e. The number of nitrogens with zero attached hydrogens (tertiary/aromatic N) is 1. The highest BCUT2D eigenvalue weighted by molar-refractivity contribution is 5.80. The second kappa shape index (κ2) is 6.00. The van der Waals surface area contributed by atoms with Crippen LogP contribution in [0.5, 0.6) is 0 Å². The van der Waals surface area contributed by atoms with Crippen LogP contribution >= 0.6 is 0 Å². The third-order valence-electron chi connectivity index (χ3n) is 3.37. The third-order valence-corrected chi connectivity index (χ3v) is 3.37. The molecule has 0 aromatic heterocycles. The van der Waals surface area contributed by atoms with Crippen LogP contribution in [0.4, 0.5) is 0 Å². The van der Waals surface area contributed by atoms with E-state index in [0.29, 0.717) is 19.5 Å². The first-order valence-corrected chi connectivity index (χ1v) is 6.20. The van der Waals surface area contributed by atoms with Gasteiger partial charge in [-0.15, -0.1) is 0 Å². The first-order chi connectivity index (χ1) is 7.95. The average molecular weight is 241 g/mol. The Kier molecular flexibility index (Phi) is 4.93. The van der Waals surface area contributed by atoms with E-state index in [4.69, 9.17) is 5.73 Å². The predicted molar refractivity (Wildman–Crippen MR) is 66.2 cm³/mol. The second-order valence-corrected chi connectivity index (χ2v) is 5.10. The zero-order valence-corrected chi connectivity index (χ0v) is 10.9. The van der Waals surface area contributed by atoms with Gasteiger partial charge in [-0.25, -0.2) is 0 Å². The van der Waals surface area contributed by atoms with Gasteiger partial charge in [-0.3, -0.25) is 9.59 Å². The van der Waals surface area contributed by atoms with Crippen LogP contribution in [0.15, 0.2) is 0 Å². The molecule has 5 heteroatoms. The normalized spacial score (nSPS) is 22.8. The minimum atomic E-state index is -0.141. The first-order valence-electron chi connectivity index (χ1n) is 6.20. The number of rotatable bonds is 4. The van der Waals surface area contributed by atoms with Crippen molar-refractivity contribution in [3.05, 3.63) is 0 Å². The lowest BCUT2D eigenvalue weighted by Gasteiger charge is -2.31. The highest BCUT2D eigenvalue weighted by Gasteiger charge is 2.27. The molecule has 1 rings (SSSR count). The summed E-state index contributed by atoms with van der Waals surface area (Å²) < 4.78 is 0. The van der Waals surface area contributed by atoms with Crippen molar-refractivity contribution in [1.82, 2.24) is 10.2 Å². The molecule has 1 aliphatic heterocycles. The van der Waals surface area contributed by atoms with Crippen LogP contribution in [0.2, 0.25) is 0 Å². The van der Waals surface area contributed by atoms with Crippen LogP contribution in [0, 0.1) is 11.8 Å². The van der Waals surface area contributed by atoms with E-state index >= 15 is 0 Å². The number of likely N-dealkylation sites (N-methyl/N-ethyl adjacent to an activating group) is 1. The lowest BCUT2D eigenvalue weighted by atomic mass is 9.94. The molecule has 98 valence electrons. The maximum atomic E-state index is 12.0. The van der Waals surface area contributed by atoms with Crippen LogP contribution in [0.25, 0.3) is 0 Å². The van der Waals surface area contributed by atoms with E-state index in [9.17, 15) is 9.59 Å².